The van der Waals surface area contributed by atoms with Gasteiger partial charge in [0, 0.05) is 12.6 Å². The second-order valence-corrected chi connectivity index (χ2v) is 6.67. The Labute approximate surface area is 127 Å². The van der Waals surface area contributed by atoms with Crippen LogP contribution in [0.4, 0.5) is 5.69 Å². The van der Waals surface area contributed by atoms with Crippen molar-refractivity contribution in [2.24, 2.45) is 11.1 Å². The molecule has 1 heterocycles. The van der Waals surface area contributed by atoms with E-state index in [2.05, 4.69) is 20.8 Å². The normalized spacial score (nSPS) is 20.0. The van der Waals surface area contributed by atoms with Gasteiger partial charge in [0.05, 0.1) is 5.69 Å². The average molecular weight is 290 g/mol. The van der Waals surface area contributed by atoms with E-state index in [9.17, 15) is 4.79 Å². The van der Waals surface area contributed by atoms with Crippen molar-refractivity contribution in [3.8, 4) is 5.75 Å². The number of amides is 1. The van der Waals surface area contributed by atoms with E-state index in [-0.39, 0.29) is 23.5 Å². The molecule has 21 heavy (non-hydrogen) atoms. The van der Waals surface area contributed by atoms with Crippen molar-refractivity contribution < 1.29 is 9.53 Å². The summed E-state index contributed by atoms with van der Waals surface area (Å²) in [5, 5.41) is 0. The molecule has 2 atom stereocenters. The number of hydrogen-bond acceptors (Lipinski definition) is 3. The van der Waals surface area contributed by atoms with Crippen LogP contribution in [0.2, 0.25) is 0 Å². The van der Waals surface area contributed by atoms with Gasteiger partial charge in [-0.05, 0) is 36.5 Å². The minimum absolute atomic E-state index is 0.0310. The monoisotopic (exact) mass is 290 g/mol. The number of ether oxygens (including phenoxy) is 1. The number of fused-ring (bicyclic) bond motifs is 1. The fourth-order valence-corrected chi connectivity index (χ4v) is 2.62. The van der Waals surface area contributed by atoms with Crippen LogP contribution < -0.4 is 15.4 Å². The van der Waals surface area contributed by atoms with Crippen LogP contribution in [0, 0.1) is 5.41 Å². The van der Waals surface area contributed by atoms with Crippen molar-refractivity contribution in [3.63, 3.8) is 0 Å². The van der Waals surface area contributed by atoms with E-state index < -0.39 is 0 Å². The fraction of sp³-hybridized carbons (Fsp3) is 0.588. The second-order valence-electron chi connectivity index (χ2n) is 6.67. The van der Waals surface area contributed by atoms with Crippen LogP contribution in [-0.2, 0) is 4.79 Å². The SMILES string of the molecule is CCC1Oc2ccc(C(N)C(C)(C)C)cc2N(CC)C1=O. The molecule has 1 aromatic rings. The minimum atomic E-state index is -0.375. The summed E-state index contributed by atoms with van der Waals surface area (Å²) in [4.78, 5) is 14.2. The molecule has 116 valence electrons. The molecule has 1 aliphatic rings. The summed E-state index contributed by atoms with van der Waals surface area (Å²) in [6.07, 6.45) is 0.303. The van der Waals surface area contributed by atoms with Crippen LogP contribution in [0.1, 0.15) is 52.6 Å². The van der Waals surface area contributed by atoms with Crippen molar-refractivity contribution in [2.45, 2.75) is 53.2 Å². The van der Waals surface area contributed by atoms with E-state index in [4.69, 9.17) is 10.5 Å². The van der Waals surface area contributed by atoms with Crippen LogP contribution in [-0.4, -0.2) is 18.6 Å². The summed E-state index contributed by atoms with van der Waals surface area (Å²) in [6, 6.07) is 5.86. The first-order valence-corrected chi connectivity index (χ1v) is 7.67. The molecule has 0 radical (unpaired) electrons. The number of hydrogen-bond donors (Lipinski definition) is 1. The molecule has 0 fully saturated rings. The first kappa shape index (κ1) is 15.8. The molecular formula is C17H26N2O2. The van der Waals surface area contributed by atoms with Crippen molar-refractivity contribution in [1.82, 2.24) is 0 Å². The third-order valence-electron chi connectivity index (χ3n) is 4.06. The van der Waals surface area contributed by atoms with E-state index in [1.165, 1.54) is 0 Å². The first-order valence-electron chi connectivity index (χ1n) is 7.67. The topological polar surface area (TPSA) is 55.6 Å². The summed E-state index contributed by atoms with van der Waals surface area (Å²) in [7, 11) is 0. The molecule has 2 N–H and O–H groups in total. The molecule has 0 saturated carbocycles. The fourth-order valence-electron chi connectivity index (χ4n) is 2.62. The lowest BCUT2D eigenvalue weighted by molar-refractivity contribution is -0.126. The molecule has 0 spiro atoms. The highest BCUT2D eigenvalue weighted by Gasteiger charge is 2.33. The quantitative estimate of drug-likeness (QED) is 0.929. The van der Waals surface area contributed by atoms with Crippen LogP contribution in [0.15, 0.2) is 18.2 Å². The number of carbonyl (C=O) groups excluding carboxylic acids is 1. The van der Waals surface area contributed by atoms with E-state index in [0.29, 0.717) is 13.0 Å². The standard InChI is InChI=1S/C17H26N2O2/c1-6-13-16(20)19(7-2)12-10-11(8-9-14(12)21-13)15(18)17(3,4)5/h8-10,13,15H,6-7,18H2,1-5H3. The lowest BCUT2D eigenvalue weighted by atomic mass is 9.83. The zero-order chi connectivity index (χ0) is 15.8. The Morgan fingerprint density at radius 1 is 1.33 bits per heavy atom. The van der Waals surface area contributed by atoms with Gasteiger partial charge in [0.15, 0.2) is 6.10 Å². The van der Waals surface area contributed by atoms with Crippen molar-refractivity contribution >= 4 is 11.6 Å². The van der Waals surface area contributed by atoms with Gasteiger partial charge in [-0.25, -0.2) is 0 Å². The van der Waals surface area contributed by atoms with Gasteiger partial charge in [0.25, 0.3) is 5.91 Å². The van der Waals surface area contributed by atoms with Crippen LogP contribution in [0.3, 0.4) is 0 Å². The van der Waals surface area contributed by atoms with Gasteiger partial charge in [0.2, 0.25) is 0 Å². The van der Waals surface area contributed by atoms with Gasteiger partial charge >= 0.3 is 0 Å². The molecule has 1 amide bonds. The minimum Gasteiger partial charge on any atom is -0.478 e. The smallest absolute Gasteiger partial charge is 0.268 e. The molecule has 4 nitrogen and oxygen atoms in total. The van der Waals surface area contributed by atoms with E-state index in [1.54, 1.807) is 4.90 Å². The summed E-state index contributed by atoms with van der Waals surface area (Å²) in [6.45, 7) is 10.9. The van der Waals surface area contributed by atoms with Crippen LogP contribution >= 0.6 is 0 Å². The third-order valence-corrected chi connectivity index (χ3v) is 4.06. The van der Waals surface area contributed by atoms with Gasteiger partial charge in [-0.3, -0.25) is 4.79 Å². The zero-order valence-electron chi connectivity index (χ0n) is 13.6. The molecule has 0 aromatic heterocycles. The van der Waals surface area contributed by atoms with Crippen molar-refractivity contribution in [3.05, 3.63) is 23.8 Å². The highest BCUT2D eigenvalue weighted by atomic mass is 16.5. The maximum atomic E-state index is 12.4. The lowest BCUT2D eigenvalue weighted by Gasteiger charge is -2.35. The summed E-state index contributed by atoms with van der Waals surface area (Å²) in [5.74, 6) is 0.808. The molecule has 1 aromatic carbocycles. The van der Waals surface area contributed by atoms with Gasteiger partial charge in [-0.1, -0.05) is 33.8 Å². The largest absolute Gasteiger partial charge is 0.478 e. The van der Waals surface area contributed by atoms with Gasteiger partial charge in [0.1, 0.15) is 5.75 Å². The van der Waals surface area contributed by atoms with Crippen molar-refractivity contribution in [1.29, 1.82) is 0 Å². The Morgan fingerprint density at radius 2 is 2.00 bits per heavy atom. The first-order chi connectivity index (χ1) is 9.79. The van der Waals surface area contributed by atoms with Crippen molar-refractivity contribution in [2.75, 3.05) is 11.4 Å². The van der Waals surface area contributed by atoms with Gasteiger partial charge < -0.3 is 15.4 Å². The Hall–Kier alpha value is -1.55. The third kappa shape index (κ3) is 2.91. The molecule has 0 aliphatic carbocycles. The van der Waals surface area contributed by atoms with Gasteiger partial charge in [-0.2, -0.15) is 0 Å². The Kier molecular flexibility index (Phi) is 4.28. The zero-order valence-corrected chi connectivity index (χ0v) is 13.6. The molecule has 4 heteroatoms. The molecule has 2 rings (SSSR count). The highest BCUT2D eigenvalue weighted by Crippen LogP contribution is 2.39. The molecule has 1 aliphatic heterocycles. The molecule has 0 bridgehead atoms. The van der Waals surface area contributed by atoms with Gasteiger partial charge in [-0.15, -0.1) is 0 Å². The van der Waals surface area contributed by atoms with E-state index >= 15 is 0 Å². The predicted molar refractivity (Wildman–Crippen MR) is 85.6 cm³/mol. The number of likely N-dealkylation sites (N-methyl/N-ethyl adjacent to an activating group) is 1. The predicted octanol–water partition coefficient (Wildman–Crippen LogP) is 3.26. The number of nitrogens with two attached hydrogens (primary N) is 1. The summed E-state index contributed by atoms with van der Waals surface area (Å²) >= 11 is 0. The molecule has 2 unspecified atom stereocenters. The highest BCUT2D eigenvalue weighted by molar-refractivity contribution is 6.00. The van der Waals surface area contributed by atoms with E-state index in [0.717, 1.165) is 17.0 Å². The maximum absolute atomic E-state index is 12.4. The number of rotatable bonds is 3. The lowest BCUT2D eigenvalue weighted by Crippen LogP contribution is -2.45. The average Bonchev–Trinajstić information content (AvgIpc) is 2.44. The summed E-state index contributed by atoms with van der Waals surface area (Å²) in [5.41, 5.74) is 8.18. The number of carbonyl (C=O) groups is 1. The summed E-state index contributed by atoms with van der Waals surface area (Å²) < 4.78 is 5.81. The van der Waals surface area contributed by atoms with Crippen LogP contribution in [0.5, 0.6) is 5.75 Å². The molecule has 0 saturated heterocycles. The second kappa shape index (κ2) is 5.68. The maximum Gasteiger partial charge on any atom is 0.268 e. The van der Waals surface area contributed by atoms with E-state index in [1.807, 2.05) is 32.0 Å². The Bertz CT molecular complexity index is 534. The number of nitrogens with zero attached hydrogens (tertiary/aromatic N) is 1. The Balaban J connectivity index is 2.44. The number of benzene rings is 1. The Morgan fingerprint density at radius 3 is 2.52 bits per heavy atom. The van der Waals surface area contributed by atoms with Crippen LogP contribution in [0.25, 0.3) is 0 Å². The number of anilines is 1. The molecular weight excluding hydrogens is 264 g/mol.